The average molecular weight is 274 g/mol. The molecule has 1 aliphatic heterocycles. The first-order valence-electron chi connectivity index (χ1n) is 7.13. The van der Waals surface area contributed by atoms with Crippen LogP contribution in [0.5, 0.6) is 0 Å². The number of aliphatic hydroxyl groups is 1. The molecule has 3 heteroatoms. The summed E-state index contributed by atoms with van der Waals surface area (Å²) in [5, 5.41) is 8.79. The van der Waals surface area contributed by atoms with Crippen molar-refractivity contribution in [2.45, 2.75) is 51.6 Å². The largest absolute Gasteiger partial charge is 0.384 e. The summed E-state index contributed by atoms with van der Waals surface area (Å²) in [6.07, 6.45) is 2.64. The van der Waals surface area contributed by atoms with Crippen LogP contribution in [0.4, 0.5) is 0 Å². The van der Waals surface area contributed by atoms with Gasteiger partial charge in [-0.1, -0.05) is 30.0 Å². The topological polar surface area (TPSA) is 38.7 Å². The Morgan fingerprint density at radius 2 is 1.95 bits per heavy atom. The molecule has 1 fully saturated rings. The molecule has 1 aliphatic rings. The lowest BCUT2D eigenvalue weighted by molar-refractivity contribution is -0.106. The second kappa shape index (κ2) is 7.44. The van der Waals surface area contributed by atoms with Crippen molar-refractivity contribution in [3.05, 3.63) is 35.4 Å². The summed E-state index contributed by atoms with van der Waals surface area (Å²) in [5.41, 5.74) is 2.00. The minimum Gasteiger partial charge on any atom is -0.384 e. The van der Waals surface area contributed by atoms with Crippen molar-refractivity contribution in [2.75, 3.05) is 6.61 Å². The fraction of sp³-hybridized carbons (Fsp3) is 0.529. The molecule has 2 unspecified atom stereocenters. The van der Waals surface area contributed by atoms with Crippen LogP contribution in [0.15, 0.2) is 24.3 Å². The van der Waals surface area contributed by atoms with E-state index < -0.39 is 0 Å². The molecule has 0 radical (unpaired) electrons. The zero-order chi connectivity index (χ0) is 14.4. The maximum Gasteiger partial charge on any atom is 0.104 e. The highest BCUT2D eigenvalue weighted by atomic mass is 16.5. The second-order valence-corrected chi connectivity index (χ2v) is 5.28. The third-order valence-electron chi connectivity index (χ3n) is 3.45. The maximum atomic E-state index is 8.79. The Labute approximate surface area is 120 Å². The predicted octanol–water partition coefficient (Wildman–Crippen LogP) is 2.50. The monoisotopic (exact) mass is 274 g/mol. The molecule has 0 saturated carbocycles. The first kappa shape index (κ1) is 15.1. The zero-order valence-corrected chi connectivity index (χ0v) is 12.1. The van der Waals surface area contributed by atoms with E-state index in [1.165, 1.54) is 0 Å². The fourth-order valence-corrected chi connectivity index (χ4v) is 2.59. The summed E-state index contributed by atoms with van der Waals surface area (Å²) < 4.78 is 11.7. The van der Waals surface area contributed by atoms with Gasteiger partial charge in [0.1, 0.15) is 6.61 Å². The molecule has 3 nitrogen and oxygen atoms in total. The number of rotatable bonds is 3. The van der Waals surface area contributed by atoms with E-state index in [2.05, 4.69) is 25.7 Å². The molecule has 1 aromatic rings. The fourth-order valence-electron chi connectivity index (χ4n) is 2.59. The van der Waals surface area contributed by atoms with E-state index in [4.69, 9.17) is 14.6 Å². The van der Waals surface area contributed by atoms with Crippen LogP contribution in [0.1, 0.15) is 37.8 Å². The number of benzene rings is 1. The molecule has 0 aromatic heterocycles. The molecule has 0 spiro atoms. The van der Waals surface area contributed by atoms with Gasteiger partial charge in [-0.05, 0) is 38.3 Å². The van der Waals surface area contributed by atoms with Gasteiger partial charge in [-0.25, -0.2) is 0 Å². The molecule has 1 saturated heterocycles. The molecule has 108 valence electrons. The van der Waals surface area contributed by atoms with Crippen molar-refractivity contribution >= 4 is 0 Å². The van der Waals surface area contributed by atoms with Crippen LogP contribution in [0.2, 0.25) is 0 Å². The third kappa shape index (κ3) is 4.35. The smallest absolute Gasteiger partial charge is 0.104 e. The minimum absolute atomic E-state index is 0.121. The van der Waals surface area contributed by atoms with Gasteiger partial charge in [-0.3, -0.25) is 0 Å². The third-order valence-corrected chi connectivity index (χ3v) is 3.45. The molecule has 0 amide bonds. The number of ether oxygens (including phenoxy) is 2. The van der Waals surface area contributed by atoms with Crippen molar-refractivity contribution in [1.82, 2.24) is 0 Å². The van der Waals surface area contributed by atoms with Crippen molar-refractivity contribution in [3.63, 3.8) is 0 Å². The SMILES string of the molecule is CC1CC(OCc2ccccc2C#CCO)CC(C)O1. The first-order valence-corrected chi connectivity index (χ1v) is 7.13. The van der Waals surface area contributed by atoms with Gasteiger partial charge in [-0.15, -0.1) is 0 Å². The number of hydrogen-bond acceptors (Lipinski definition) is 3. The Bertz CT molecular complexity index is 476. The molecule has 1 N–H and O–H groups in total. The molecular formula is C17H22O3. The van der Waals surface area contributed by atoms with Crippen LogP contribution in [0.25, 0.3) is 0 Å². The van der Waals surface area contributed by atoms with Crippen LogP contribution < -0.4 is 0 Å². The van der Waals surface area contributed by atoms with Gasteiger partial charge in [0.15, 0.2) is 0 Å². The van der Waals surface area contributed by atoms with Gasteiger partial charge in [0.25, 0.3) is 0 Å². The normalized spacial score (nSPS) is 25.9. The summed E-state index contributed by atoms with van der Waals surface area (Å²) in [7, 11) is 0. The lowest BCUT2D eigenvalue weighted by Gasteiger charge is -2.32. The van der Waals surface area contributed by atoms with Gasteiger partial charge >= 0.3 is 0 Å². The Kier molecular flexibility index (Phi) is 5.60. The van der Waals surface area contributed by atoms with Crippen LogP contribution in [-0.2, 0) is 16.1 Å². The van der Waals surface area contributed by atoms with E-state index in [9.17, 15) is 0 Å². The highest BCUT2D eigenvalue weighted by Gasteiger charge is 2.24. The lowest BCUT2D eigenvalue weighted by atomic mass is 10.0. The highest BCUT2D eigenvalue weighted by molar-refractivity contribution is 5.40. The Balaban J connectivity index is 1.97. The quantitative estimate of drug-likeness (QED) is 0.861. The van der Waals surface area contributed by atoms with E-state index in [-0.39, 0.29) is 24.9 Å². The van der Waals surface area contributed by atoms with E-state index >= 15 is 0 Å². The zero-order valence-electron chi connectivity index (χ0n) is 12.1. The summed E-state index contributed by atoms with van der Waals surface area (Å²) >= 11 is 0. The molecule has 0 bridgehead atoms. The van der Waals surface area contributed by atoms with Gasteiger partial charge in [0.2, 0.25) is 0 Å². The van der Waals surface area contributed by atoms with Crippen molar-refractivity contribution in [1.29, 1.82) is 0 Å². The molecule has 20 heavy (non-hydrogen) atoms. The summed E-state index contributed by atoms with van der Waals surface area (Å²) in [6, 6.07) is 7.91. The summed E-state index contributed by atoms with van der Waals surface area (Å²) in [5.74, 6) is 5.65. The standard InChI is InChI=1S/C17H22O3/c1-13-10-17(11-14(2)20-13)19-12-16-7-4-3-6-15(16)8-5-9-18/h3-4,6-7,13-14,17-18H,9-12H2,1-2H3. The van der Waals surface area contributed by atoms with Crippen LogP contribution in [-0.4, -0.2) is 30.0 Å². The van der Waals surface area contributed by atoms with E-state index in [1.807, 2.05) is 24.3 Å². The van der Waals surface area contributed by atoms with Gasteiger partial charge in [0.05, 0.1) is 24.9 Å². The summed E-state index contributed by atoms with van der Waals surface area (Å²) in [4.78, 5) is 0. The van der Waals surface area contributed by atoms with Crippen LogP contribution in [0.3, 0.4) is 0 Å². The van der Waals surface area contributed by atoms with Crippen molar-refractivity contribution in [3.8, 4) is 11.8 Å². The summed E-state index contributed by atoms with van der Waals surface area (Å²) in [6.45, 7) is 4.62. The van der Waals surface area contributed by atoms with E-state index in [1.54, 1.807) is 0 Å². The number of hydrogen-bond donors (Lipinski definition) is 1. The highest BCUT2D eigenvalue weighted by Crippen LogP contribution is 2.23. The van der Waals surface area contributed by atoms with Gasteiger partial charge < -0.3 is 14.6 Å². The Hall–Kier alpha value is -1.34. The average Bonchev–Trinajstić information content (AvgIpc) is 2.43. The Morgan fingerprint density at radius 1 is 1.25 bits per heavy atom. The first-order chi connectivity index (χ1) is 9.69. The number of aliphatic hydroxyl groups excluding tert-OH is 1. The molecule has 0 aliphatic carbocycles. The molecular weight excluding hydrogens is 252 g/mol. The molecule has 1 heterocycles. The van der Waals surface area contributed by atoms with E-state index in [0.29, 0.717) is 6.61 Å². The lowest BCUT2D eigenvalue weighted by Crippen LogP contribution is -2.34. The minimum atomic E-state index is -0.121. The van der Waals surface area contributed by atoms with Gasteiger partial charge in [-0.2, -0.15) is 0 Å². The molecule has 1 aromatic carbocycles. The second-order valence-electron chi connectivity index (χ2n) is 5.28. The predicted molar refractivity (Wildman–Crippen MR) is 78.2 cm³/mol. The molecule has 2 rings (SSSR count). The molecule has 2 atom stereocenters. The van der Waals surface area contributed by atoms with Gasteiger partial charge in [0, 0.05) is 5.56 Å². The van der Waals surface area contributed by atoms with E-state index in [0.717, 1.165) is 24.0 Å². The van der Waals surface area contributed by atoms with Crippen molar-refractivity contribution < 1.29 is 14.6 Å². The van der Waals surface area contributed by atoms with Crippen LogP contribution in [0, 0.1) is 11.8 Å². The van der Waals surface area contributed by atoms with Crippen LogP contribution >= 0.6 is 0 Å². The maximum absolute atomic E-state index is 8.79. The van der Waals surface area contributed by atoms with Crippen molar-refractivity contribution in [2.24, 2.45) is 0 Å². The Morgan fingerprint density at radius 3 is 2.65 bits per heavy atom.